The van der Waals surface area contributed by atoms with Crippen LogP contribution in [0.4, 0.5) is 0 Å². The molecule has 2 aromatic carbocycles. The van der Waals surface area contributed by atoms with E-state index in [4.69, 9.17) is 4.74 Å². The van der Waals surface area contributed by atoms with Crippen molar-refractivity contribution in [3.05, 3.63) is 47.5 Å². The summed E-state index contributed by atoms with van der Waals surface area (Å²) in [5.74, 6) is 0.648. The van der Waals surface area contributed by atoms with Gasteiger partial charge in [0.25, 0.3) is 0 Å². The van der Waals surface area contributed by atoms with E-state index in [2.05, 4.69) is 0 Å². The molecule has 2 rings (SSSR count). The number of rotatable bonds is 3. The highest BCUT2D eigenvalue weighted by molar-refractivity contribution is 5.87. The maximum Gasteiger partial charge on any atom is 0.153 e. The van der Waals surface area contributed by atoms with Gasteiger partial charge in [-0.25, -0.2) is 0 Å². The van der Waals surface area contributed by atoms with Crippen LogP contribution in [-0.2, 0) is 0 Å². The lowest BCUT2D eigenvalue weighted by atomic mass is 9.99. The summed E-state index contributed by atoms with van der Waals surface area (Å²) in [6.07, 6.45) is 0.640. The first-order valence-corrected chi connectivity index (χ1v) is 5.59. The van der Waals surface area contributed by atoms with Crippen LogP contribution in [0, 0.1) is 6.92 Å². The second-order valence-corrected chi connectivity index (χ2v) is 4.06. The molecule has 0 spiro atoms. The van der Waals surface area contributed by atoms with Gasteiger partial charge in [-0.05, 0) is 25.1 Å². The number of carbonyl (C=O) groups excluding carboxylic acids is 1. The van der Waals surface area contributed by atoms with Gasteiger partial charge in [0.2, 0.25) is 0 Å². The number of aldehydes is 1. The van der Waals surface area contributed by atoms with Gasteiger partial charge in [0.15, 0.2) is 6.29 Å². The normalized spacial score (nSPS) is 10.1. The molecule has 1 N–H and O–H groups in total. The number of aromatic hydroxyl groups is 1. The third-order valence-electron chi connectivity index (χ3n) is 2.84. The Morgan fingerprint density at radius 3 is 2.61 bits per heavy atom. The average Bonchev–Trinajstić information content (AvgIpc) is 2.39. The Morgan fingerprint density at radius 2 is 1.94 bits per heavy atom. The van der Waals surface area contributed by atoms with Crippen LogP contribution in [0.1, 0.15) is 15.9 Å². The number of benzene rings is 2. The topological polar surface area (TPSA) is 46.5 Å². The van der Waals surface area contributed by atoms with E-state index in [0.717, 1.165) is 11.1 Å². The average molecular weight is 242 g/mol. The number of para-hydroxylation sites is 1. The SMILES string of the molecule is COc1ccc(C)cc1-c1cccc(C=O)c1O. The van der Waals surface area contributed by atoms with Gasteiger partial charge in [0.1, 0.15) is 11.5 Å². The zero-order valence-electron chi connectivity index (χ0n) is 10.3. The van der Waals surface area contributed by atoms with Crippen LogP contribution in [0.2, 0.25) is 0 Å². The Labute approximate surface area is 106 Å². The largest absolute Gasteiger partial charge is 0.507 e. The summed E-state index contributed by atoms with van der Waals surface area (Å²) in [6.45, 7) is 1.96. The third kappa shape index (κ3) is 2.07. The van der Waals surface area contributed by atoms with Crippen LogP contribution < -0.4 is 4.74 Å². The molecule has 0 aliphatic carbocycles. The van der Waals surface area contributed by atoms with Gasteiger partial charge in [0.05, 0.1) is 12.7 Å². The first-order chi connectivity index (χ1) is 8.67. The lowest BCUT2D eigenvalue weighted by Crippen LogP contribution is -1.91. The van der Waals surface area contributed by atoms with Gasteiger partial charge in [-0.3, -0.25) is 4.79 Å². The van der Waals surface area contributed by atoms with Crippen LogP contribution in [-0.4, -0.2) is 18.5 Å². The first kappa shape index (κ1) is 12.2. The van der Waals surface area contributed by atoms with Gasteiger partial charge < -0.3 is 9.84 Å². The second-order valence-electron chi connectivity index (χ2n) is 4.06. The lowest BCUT2D eigenvalue weighted by molar-refractivity contribution is 0.112. The van der Waals surface area contributed by atoms with Crippen molar-refractivity contribution < 1.29 is 14.6 Å². The minimum absolute atomic E-state index is 0.0172. The van der Waals surface area contributed by atoms with Gasteiger partial charge in [-0.2, -0.15) is 0 Å². The monoisotopic (exact) mass is 242 g/mol. The van der Waals surface area contributed by atoms with Crippen molar-refractivity contribution in [2.45, 2.75) is 6.92 Å². The van der Waals surface area contributed by atoms with Crippen molar-refractivity contribution >= 4 is 6.29 Å². The van der Waals surface area contributed by atoms with E-state index in [-0.39, 0.29) is 11.3 Å². The lowest BCUT2D eigenvalue weighted by Gasteiger charge is -2.12. The summed E-state index contributed by atoms with van der Waals surface area (Å²) in [6, 6.07) is 10.8. The van der Waals surface area contributed by atoms with Gasteiger partial charge >= 0.3 is 0 Å². The predicted molar refractivity (Wildman–Crippen MR) is 70.2 cm³/mol. The molecular weight excluding hydrogens is 228 g/mol. The number of hydrogen-bond acceptors (Lipinski definition) is 3. The number of carbonyl (C=O) groups is 1. The summed E-state index contributed by atoms with van der Waals surface area (Å²) >= 11 is 0. The molecule has 0 amide bonds. The van der Waals surface area contributed by atoms with E-state index in [1.165, 1.54) is 0 Å². The minimum atomic E-state index is -0.0172. The van der Waals surface area contributed by atoms with E-state index in [9.17, 15) is 9.90 Å². The van der Waals surface area contributed by atoms with Crippen molar-refractivity contribution in [2.24, 2.45) is 0 Å². The fraction of sp³-hybridized carbons (Fsp3) is 0.133. The van der Waals surface area contributed by atoms with Crippen LogP contribution in [0.15, 0.2) is 36.4 Å². The van der Waals surface area contributed by atoms with Crippen molar-refractivity contribution in [2.75, 3.05) is 7.11 Å². The minimum Gasteiger partial charge on any atom is -0.507 e. The van der Waals surface area contributed by atoms with Gasteiger partial charge in [-0.1, -0.05) is 23.8 Å². The van der Waals surface area contributed by atoms with Crippen molar-refractivity contribution in [1.29, 1.82) is 0 Å². The fourth-order valence-electron chi connectivity index (χ4n) is 1.91. The molecule has 0 saturated carbocycles. The molecular formula is C15H14O3. The zero-order chi connectivity index (χ0) is 13.1. The molecule has 0 unspecified atom stereocenters. The van der Waals surface area contributed by atoms with Crippen molar-refractivity contribution in [3.8, 4) is 22.6 Å². The standard InChI is InChI=1S/C15H14O3/c1-10-6-7-14(18-2)13(8-10)12-5-3-4-11(9-16)15(12)17/h3-9,17H,1-2H3. The Hall–Kier alpha value is -2.29. The van der Waals surface area contributed by atoms with E-state index in [1.54, 1.807) is 25.3 Å². The molecule has 0 fully saturated rings. The van der Waals surface area contributed by atoms with Crippen LogP contribution in [0.3, 0.4) is 0 Å². The van der Waals surface area contributed by atoms with Crippen molar-refractivity contribution in [3.63, 3.8) is 0 Å². The van der Waals surface area contributed by atoms with Crippen LogP contribution >= 0.6 is 0 Å². The highest BCUT2D eigenvalue weighted by Gasteiger charge is 2.12. The molecule has 92 valence electrons. The molecule has 0 heterocycles. The number of phenols is 1. The highest BCUT2D eigenvalue weighted by atomic mass is 16.5. The van der Waals surface area contributed by atoms with Gasteiger partial charge in [-0.15, -0.1) is 0 Å². The Balaban J connectivity index is 2.68. The fourth-order valence-corrected chi connectivity index (χ4v) is 1.91. The summed E-state index contributed by atoms with van der Waals surface area (Å²) < 4.78 is 5.28. The summed E-state index contributed by atoms with van der Waals surface area (Å²) in [7, 11) is 1.58. The molecule has 3 nitrogen and oxygen atoms in total. The molecule has 3 heteroatoms. The molecule has 0 bridgehead atoms. The van der Waals surface area contributed by atoms with E-state index >= 15 is 0 Å². The highest BCUT2D eigenvalue weighted by Crippen LogP contribution is 2.37. The van der Waals surface area contributed by atoms with Crippen LogP contribution in [0.5, 0.6) is 11.5 Å². The van der Waals surface area contributed by atoms with Gasteiger partial charge in [0, 0.05) is 11.1 Å². The third-order valence-corrected chi connectivity index (χ3v) is 2.84. The van der Waals surface area contributed by atoms with Crippen LogP contribution in [0.25, 0.3) is 11.1 Å². The molecule has 0 aliphatic rings. The first-order valence-electron chi connectivity index (χ1n) is 5.59. The maximum absolute atomic E-state index is 10.8. The quantitative estimate of drug-likeness (QED) is 0.841. The molecule has 2 aromatic rings. The number of hydrogen-bond donors (Lipinski definition) is 1. The Kier molecular flexibility index (Phi) is 3.33. The zero-order valence-corrected chi connectivity index (χ0v) is 10.3. The summed E-state index contributed by atoms with van der Waals surface area (Å²) in [5, 5.41) is 10.1. The predicted octanol–water partition coefficient (Wildman–Crippen LogP) is 3.19. The number of aryl methyl sites for hydroxylation is 1. The summed E-state index contributed by atoms with van der Waals surface area (Å²) in [5.41, 5.74) is 2.71. The number of methoxy groups -OCH3 is 1. The molecule has 0 aliphatic heterocycles. The molecule has 0 aromatic heterocycles. The van der Waals surface area contributed by atoms with E-state index < -0.39 is 0 Å². The smallest absolute Gasteiger partial charge is 0.153 e. The van der Waals surface area contributed by atoms with E-state index in [1.807, 2.05) is 25.1 Å². The molecule has 18 heavy (non-hydrogen) atoms. The molecule has 0 saturated heterocycles. The second kappa shape index (κ2) is 4.92. The molecule has 0 radical (unpaired) electrons. The molecule has 0 atom stereocenters. The van der Waals surface area contributed by atoms with E-state index in [0.29, 0.717) is 17.6 Å². The Bertz CT molecular complexity index is 588. The number of ether oxygens (including phenoxy) is 1. The van der Waals surface area contributed by atoms with Crippen molar-refractivity contribution in [1.82, 2.24) is 0 Å². The number of phenolic OH excluding ortho intramolecular Hbond substituents is 1. The maximum atomic E-state index is 10.8. The summed E-state index contributed by atoms with van der Waals surface area (Å²) in [4.78, 5) is 10.8. The Morgan fingerprint density at radius 1 is 1.17 bits per heavy atom.